The number of aromatic amines is 1. The molecule has 3 N–H and O–H groups in total. The molecule has 0 amide bonds. The second kappa shape index (κ2) is 5.47. The van der Waals surface area contributed by atoms with Gasteiger partial charge in [-0.3, -0.25) is 14.3 Å². The first-order valence-electron chi connectivity index (χ1n) is 5.63. The van der Waals surface area contributed by atoms with E-state index in [1.165, 1.54) is 0 Å². The van der Waals surface area contributed by atoms with Crippen LogP contribution in [-0.4, -0.2) is 38.6 Å². The number of hydrogen-bond donors (Lipinski definition) is 3. The van der Waals surface area contributed by atoms with Gasteiger partial charge < -0.3 is 14.9 Å². The third-order valence-electron chi connectivity index (χ3n) is 2.93. The van der Waals surface area contributed by atoms with Crippen molar-refractivity contribution in [3.63, 3.8) is 0 Å². The Bertz CT molecular complexity index is 593. The average molecular weight is 272 g/mol. The molecule has 19 heavy (non-hydrogen) atoms. The van der Waals surface area contributed by atoms with Crippen LogP contribution in [0.5, 0.6) is 0 Å². The third kappa shape index (κ3) is 2.65. The van der Waals surface area contributed by atoms with Crippen molar-refractivity contribution in [2.75, 3.05) is 6.61 Å². The van der Waals surface area contributed by atoms with E-state index in [0.29, 0.717) is 0 Å². The Labute approximate surface area is 106 Å². The molecule has 0 aliphatic carbocycles. The number of aromatic nitrogens is 2. The van der Waals surface area contributed by atoms with Gasteiger partial charge in [-0.2, -0.15) is 0 Å². The molecule has 3 atom stereocenters. The fourth-order valence-electron chi connectivity index (χ4n) is 1.95. The normalized spacial score (nSPS) is 27.2. The number of hydrogen-bond acceptors (Lipinski definition) is 5. The van der Waals surface area contributed by atoms with Crippen LogP contribution < -0.4 is 11.2 Å². The van der Waals surface area contributed by atoms with Crippen molar-refractivity contribution in [1.82, 2.24) is 9.55 Å². The number of nitrogens with zero attached hydrogens (tertiary/aromatic N) is 1. The van der Waals surface area contributed by atoms with Crippen LogP contribution in [0.15, 0.2) is 22.1 Å². The van der Waals surface area contributed by atoms with E-state index in [0.717, 1.165) is 16.8 Å². The molecule has 1 aliphatic heterocycles. The lowest BCUT2D eigenvalue weighted by atomic mass is 10.2. The minimum atomic E-state index is -0.908. The van der Waals surface area contributed by atoms with Crippen LogP contribution in [0.1, 0.15) is 18.2 Å². The molecule has 1 fully saturated rings. The van der Waals surface area contributed by atoms with Gasteiger partial charge in [0.25, 0.3) is 5.56 Å². The number of halogens is 1. The number of aliphatic hydroxyl groups is 2. The summed E-state index contributed by atoms with van der Waals surface area (Å²) >= 11 is 0. The molecule has 0 saturated carbocycles. The SMILES string of the molecule is O=c1[nH]c(=O)n([C@H]2C[C@H](O)[C@@H](CO)O2)cc1/C=C/F. The van der Waals surface area contributed by atoms with E-state index >= 15 is 0 Å². The van der Waals surface area contributed by atoms with E-state index in [9.17, 15) is 19.1 Å². The second-order valence-electron chi connectivity index (χ2n) is 4.16. The van der Waals surface area contributed by atoms with E-state index < -0.39 is 29.7 Å². The molecule has 0 aromatic carbocycles. The van der Waals surface area contributed by atoms with Crippen molar-refractivity contribution in [2.24, 2.45) is 0 Å². The monoisotopic (exact) mass is 272 g/mol. The molecule has 1 saturated heterocycles. The lowest BCUT2D eigenvalue weighted by Gasteiger charge is -2.14. The molecule has 0 radical (unpaired) electrons. The van der Waals surface area contributed by atoms with E-state index in [-0.39, 0.29) is 24.9 Å². The Morgan fingerprint density at radius 2 is 2.32 bits per heavy atom. The topological polar surface area (TPSA) is 105 Å². The number of nitrogens with one attached hydrogen (secondary N) is 1. The highest BCUT2D eigenvalue weighted by molar-refractivity contribution is 5.44. The van der Waals surface area contributed by atoms with E-state index in [2.05, 4.69) is 0 Å². The third-order valence-corrected chi connectivity index (χ3v) is 2.93. The van der Waals surface area contributed by atoms with Gasteiger partial charge in [-0.15, -0.1) is 0 Å². The van der Waals surface area contributed by atoms with Crippen LogP contribution in [0.4, 0.5) is 4.39 Å². The van der Waals surface area contributed by atoms with Crippen LogP contribution in [0.2, 0.25) is 0 Å². The van der Waals surface area contributed by atoms with Gasteiger partial charge in [0.2, 0.25) is 0 Å². The summed E-state index contributed by atoms with van der Waals surface area (Å²) in [5, 5.41) is 18.6. The summed E-state index contributed by atoms with van der Waals surface area (Å²) < 4.78 is 18.5. The van der Waals surface area contributed by atoms with Gasteiger partial charge in [0, 0.05) is 12.6 Å². The summed E-state index contributed by atoms with van der Waals surface area (Å²) in [4.78, 5) is 25.0. The van der Waals surface area contributed by atoms with Crippen molar-refractivity contribution in [1.29, 1.82) is 0 Å². The molecule has 2 rings (SSSR count). The average Bonchev–Trinajstić information content (AvgIpc) is 2.74. The Morgan fingerprint density at radius 3 is 2.89 bits per heavy atom. The second-order valence-corrected chi connectivity index (χ2v) is 4.16. The zero-order valence-corrected chi connectivity index (χ0v) is 9.82. The van der Waals surface area contributed by atoms with Gasteiger partial charge in [0.1, 0.15) is 12.3 Å². The van der Waals surface area contributed by atoms with Crippen molar-refractivity contribution in [3.8, 4) is 0 Å². The van der Waals surface area contributed by atoms with Crippen molar-refractivity contribution < 1.29 is 19.3 Å². The lowest BCUT2D eigenvalue weighted by Crippen LogP contribution is -2.33. The van der Waals surface area contributed by atoms with Crippen LogP contribution >= 0.6 is 0 Å². The smallest absolute Gasteiger partial charge is 0.330 e. The standard InChI is InChI=1S/C11H13FN2O5/c12-2-1-6-4-14(11(18)13-10(6)17)9-3-7(16)8(5-15)19-9/h1-2,4,7-9,15-16H,3,5H2,(H,13,17,18)/b2-1+/t7-,8+,9+/m0/s1. The largest absolute Gasteiger partial charge is 0.394 e. The van der Waals surface area contributed by atoms with Gasteiger partial charge in [-0.25, -0.2) is 9.18 Å². The van der Waals surface area contributed by atoms with Crippen molar-refractivity contribution in [2.45, 2.75) is 24.9 Å². The Kier molecular flexibility index (Phi) is 3.93. The predicted octanol–water partition coefficient (Wildman–Crippen LogP) is -0.883. The molecule has 2 heterocycles. The zero-order chi connectivity index (χ0) is 14.0. The van der Waals surface area contributed by atoms with Crippen LogP contribution in [0, 0.1) is 0 Å². The maximum Gasteiger partial charge on any atom is 0.330 e. The summed E-state index contributed by atoms with van der Waals surface area (Å²) in [5.41, 5.74) is -1.49. The number of H-pyrrole nitrogens is 1. The summed E-state index contributed by atoms with van der Waals surface area (Å²) in [6, 6.07) is 0. The number of ether oxygens (including phenoxy) is 1. The van der Waals surface area contributed by atoms with Crippen LogP contribution in [0.3, 0.4) is 0 Å². The fourth-order valence-corrected chi connectivity index (χ4v) is 1.95. The van der Waals surface area contributed by atoms with Gasteiger partial charge >= 0.3 is 5.69 Å². The van der Waals surface area contributed by atoms with Crippen LogP contribution in [-0.2, 0) is 4.74 Å². The first-order valence-corrected chi connectivity index (χ1v) is 5.63. The lowest BCUT2D eigenvalue weighted by molar-refractivity contribution is -0.0459. The highest BCUT2D eigenvalue weighted by Crippen LogP contribution is 2.27. The van der Waals surface area contributed by atoms with Gasteiger partial charge in [0.15, 0.2) is 0 Å². The van der Waals surface area contributed by atoms with Gasteiger partial charge in [-0.05, 0) is 6.08 Å². The van der Waals surface area contributed by atoms with Crippen LogP contribution in [0.25, 0.3) is 6.08 Å². The molecule has 104 valence electrons. The van der Waals surface area contributed by atoms with Crippen molar-refractivity contribution >= 4 is 6.08 Å². The quantitative estimate of drug-likeness (QED) is 0.662. The first-order chi connectivity index (χ1) is 9.06. The molecular weight excluding hydrogens is 259 g/mol. The first kappa shape index (κ1) is 13.7. The number of aliphatic hydroxyl groups excluding tert-OH is 2. The molecule has 0 spiro atoms. The predicted molar refractivity (Wildman–Crippen MR) is 63.1 cm³/mol. The Morgan fingerprint density at radius 1 is 1.58 bits per heavy atom. The van der Waals surface area contributed by atoms with E-state index in [4.69, 9.17) is 9.84 Å². The highest BCUT2D eigenvalue weighted by atomic mass is 19.1. The Balaban J connectivity index is 2.38. The zero-order valence-electron chi connectivity index (χ0n) is 9.82. The number of rotatable bonds is 3. The fraction of sp³-hybridized carbons (Fsp3) is 0.455. The highest BCUT2D eigenvalue weighted by Gasteiger charge is 2.35. The van der Waals surface area contributed by atoms with E-state index in [1.54, 1.807) is 0 Å². The maximum absolute atomic E-state index is 12.1. The molecular formula is C11H13FN2O5. The molecule has 0 bridgehead atoms. The molecule has 1 aromatic rings. The minimum absolute atomic E-state index is 0.0485. The Hall–Kier alpha value is -1.77. The molecule has 8 heteroatoms. The summed E-state index contributed by atoms with van der Waals surface area (Å²) in [5.74, 6) is 0. The molecule has 1 aromatic heterocycles. The van der Waals surface area contributed by atoms with Gasteiger partial charge in [-0.1, -0.05) is 0 Å². The summed E-state index contributed by atoms with van der Waals surface area (Å²) in [6.07, 6.45) is -0.185. The summed E-state index contributed by atoms with van der Waals surface area (Å²) in [6.45, 7) is -0.382. The molecule has 0 unspecified atom stereocenters. The maximum atomic E-state index is 12.1. The van der Waals surface area contributed by atoms with Crippen molar-refractivity contribution in [3.05, 3.63) is 38.9 Å². The molecule has 1 aliphatic rings. The minimum Gasteiger partial charge on any atom is -0.394 e. The van der Waals surface area contributed by atoms with E-state index in [1.807, 2.05) is 4.98 Å². The van der Waals surface area contributed by atoms with Gasteiger partial charge in [0.05, 0.1) is 24.6 Å². The summed E-state index contributed by atoms with van der Waals surface area (Å²) in [7, 11) is 0. The molecule has 7 nitrogen and oxygen atoms in total.